The number of carboxylic acids is 1. The average Bonchev–Trinajstić information content (AvgIpc) is 2.36. The molecule has 20 heavy (non-hydrogen) atoms. The minimum atomic E-state index is -4.62. The molecule has 0 fully saturated rings. The minimum absolute atomic E-state index is 0.389. The SMILES string of the molecule is CNC(C)C(=O)Nc1cc(C(F)(F)F)ccc1C(=O)O. The molecule has 8 heteroatoms. The number of anilines is 1. The Morgan fingerprint density at radius 1 is 1.30 bits per heavy atom. The topological polar surface area (TPSA) is 78.4 Å². The Morgan fingerprint density at radius 3 is 2.35 bits per heavy atom. The van der Waals surface area contributed by atoms with Gasteiger partial charge in [0.15, 0.2) is 0 Å². The highest BCUT2D eigenvalue weighted by Gasteiger charge is 2.32. The number of rotatable bonds is 4. The van der Waals surface area contributed by atoms with Crippen molar-refractivity contribution in [3.63, 3.8) is 0 Å². The van der Waals surface area contributed by atoms with Gasteiger partial charge in [0.2, 0.25) is 5.91 Å². The number of benzene rings is 1. The van der Waals surface area contributed by atoms with Crippen molar-refractivity contribution in [1.29, 1.82) is 0 Å². The quantitative estimate of drug-likeness (QED) is 0.792. The van der Waals surface area contributed by atoms with Gasteiger partial charge in [-0.2, -0.15) is 13.2 Å². The van der Waals surface area contributed by atoms with E-state index < -0.39 is 35.2 Å². The maximum Gasteiger partial charge on any atom is 0.416 e. The monoisotopic (exact) mass is 290 g/mol. The van der Waals surface area contributed by atoms with Crippen LogP contribution in [-0.4, -0.2) is 30.1 Å². The predicted molar refractivity (Wildman–Crippen MR) is 65.6 cm³/mol. The molecule has 1 atom stereocenters. The highest BCUT2D eigenvalue weighted by molar-refractivity contribution is 6.02. The molecule has 0 aromatic heterocycles. The summed E-state index contributed by atoms with van der Waals surface area (Å²) in [5.41, 5.74) is -1.83. The van der Waals surface area contributed by atoms with Gasteiger partial charge in [-0.15, -0.1) is 0 Å². The van der Waals surface area contributed by atoms with Crippen LogP contribution in [0.3, 0.4) is 0 Å². The summed E-state index contributed by atoms with van der Waals surface area (Å²) in [6.07, 6.45) is -4.62. The summed E-state index contributed by atoms with van der Waals surface area (Å²) in [5.74, 6) is -2.06. The normalized spacial score (nSPS) is 12.8. The van der Waals surface area contributed by atoms with Crippen LogP contribution in [0.2, 0.25) is 0 Å². The Labute approximate surface area is 112 Å². The summed E-state index contributed by atoms with van der Waals surface area (Å²) in [7, 11) is 1.49. The molecule has 1 unspecified atom stereocenters. The number of alkyl halides is 3. The van der Waals surface area contributed by atoms with Crippen LogP contribution >= 0.6 is 0 Å². The van der Waals surface area contributed by atoms with Crippen molar-refractivity contribution in [2.24, 2.45) is 0 Å². The fraction of sp³-hybridized carbons (Fsp3) is 0.333. The first-order chi connectivity index (χ1) is 9.16. The number of hydrogen-bond donors (Lipinski definition) is 3. The van der Waals surface area contributed by atoms with E-state index in [0.29, 0.717) is 12.1 Å². The number of aromatic carboxylic acids is 1. The molecule has 1 rings (SSSR count). The van der Waals surface area contributed by atoms with Gasteiger partial charge in [0.05, 0.1) is 22.9 Å². The van der Waals surface area contributed by atoms with Gasteiger partial charge in [-0.3, -0.25) is 4.79 Å². The molecule has 0 bridgehead atoms. The maximum absolute atomic E-state index is 12.6. The molecule has 5 nitrogen and oxygen atoms in total. The summed E-state index contributed by atoms with van der Waals surface area (Å²) in [6, 6.07) is 1.39. The zero-order chi connectivity index (χ0) is 15.5. The maximum atomic E-state index is 12.6. The van der Waals surface area contributed by atoms with Gasteiger partial charge in [-0.05, 0) is 32.2 Å². The first-order valence-electron chi connectivity index (χ1n) is 5.59. The van der Waals surface area contributed by atoms with Crippen LogP contribution in [0.25, 0.3) is 0 Å². The van der Waals surface area contributed by atoms with E-state index in [0.717, 1.165) is 6.07 Å². The summed E-state index contributed by atoms with van der Waals surface area (Å²) < 4.78 is 37.8. The third-order valence-electron chi connectivity index (χ3n) is 2.66. The molecule has 1 aromatic carbocycles. The van der Waals surface area contributed by atoms with Gasteiger partial charge in [0.25, 0.3) is 0 Å². The second-order valence-corrected chi connectivity index (χ2v) is 4.06. The zero-order valence-corrected chi connectivity index (χ0v) is 10.7. The largest absolute Gasteiger partial charge is 0.478 e. The Balaban J connectivity index is 3.19. The smallest absolute Gasteiger partial charge is 0.416 e. The fourth-order valence-corrected chi connectivity index (χ4v) is 1.38. The second kappa shape index (κ2) is 5.91. The van der Waals surface area contributed by atoms with Crippen LogP contribution < -0.4 is 10.6 Å². The molecule has 0 saturated heterocycles. The first-order valence-corrected chi connectivity index (χ1v) is 5.59. The van der Waals surface area contributed by atoms with Crippen LogP contribution in [-0.2, 0) is 11.0 Å². The lowest BCUT2D eigenvalue weighted by Crippen LogP contribution is -2.36. The van der Waals surface area contributed by atoms with E-state index in [1.165, 1.54) is 14.0 Å². The number of amides is 1. The molecule has 0 saturated carbocycles. The molecule has 0 radical (unpaired) electrons. The number of likely N-dealkylation sites (N-methyl/N-ethyl adjacent to an activating group) is 1. The van der Waals surface area contributed by atoms with E-state index in [9.17, 15) is 22.8 Å². The highest BCUT2D eigenvalue weighted by atomic mass is 19.4. The lowest BCUT2D eigenvalue weighted by Gasteiger charge is -2.15. The van der Waals surface area contributed by atoms with Gasteiger partial charge < -0.3 is 15.7 Å². The molecule has 0 aliphatic carbocycles. The van der Waals surface area contributed by atoms with Crippen LogP contribution in [0, 0.1) is 0 Å². The summed E-state index contributed by atoms with van der Waals surface area (Å²) >= 11 is 0. The number of nitrogens with one attached hydrogen (secondary N) is 2. The number of carbonyl (C=O) groups is 2. The molecule has 3 N–H and O–H groups in total. The highest BCUT2D eigenvalue weighted by Crippen LogP contribution is 2.32. The Bertz CT molecular complexity index is 529. The standard InChI is InChI=1S/C12H13F3N2O3/c1-6(16-2)10(18)17-9-5-7(12(13,14)15)3-4-8(9)11(19)20/h3-6,16H,1-2H3,(H,17,18)(H,19,20). The predicted octanol–water partition coefficient (Wildman–Crippen LogP) is 1.95. The molecule has 0 spiro atoms. The number of carboxylic acid groups (broad SMARTS) is 1. The molecule has 0 heterocycles. The Hall–Kier alpha value is -2.09. The van der Waals surface area contributed by atoms with E-state index in [1.54, 1.807) is 0 Å². The summed E-state index contributed by atoms with van der Waals surface area (Å²) in [6.45, 7) is 1.49. The summed E-state index contributed by atoms with van der Waals surface area (Å²) in [4.78, 5) is 22.6. The van der Waals surface area contributed by atoms with E-state index in [2.05, 4.69) is 10.6 Å². The minimum Gasteiger partial charge on any atom is -0.478 e. The molecular weight excluding hydrogens is 277 g/mol. The van der Waals surface area contributed by atoms with Gasteiger partial charge in [-0.25, -0.2) is 4.79 Å². The van der Waals surface area contributed by atoms with Crippen molar-refractivity contribution in [2.45, 2.75) is 19.1 Å². The molecule has 1 aromatic rings. The molecular formula is C12H13F3N2O3. The molecule has 0 aliphatic rings. The van der Waals surface area contributed by atoms with Gasteiger partial charge in [0.1, 0.15) is 0 Å². The van der Waals surface area contributed by atoms with Crippen LogP contribution in [0.1, 0.15) is 22.8 Å². The first kappa shape index (κ1) is 16.0. The lowest BCUT2D eigenvalue weighted by atomic mass is 10.1. The Morgan fingerprint density at radius 2 is 1.90 bits per heavy atom. The fourth-order valence-electron chi connectivity index (χ4n) is 1.38. The van der Waals surface area contributed by atoms with Gasteiger partial charge in [-0.1, -0.05) is 0 Å². The third kappa shape index (κ3) is 3.70. The van der Waals surface area contributed by atoms with Crippen molar-refractivity contribution in [3.8, 4) is 0 Å². The third-order valence-corrected chi connectivity index (χ3v) is 2.66. The number of halogens is 3. The average molecular weight is 290 g/mol. The van der Waals surface area contributed by atoms with Crippen LogP contribution in [0.15, 0.2) is 18.2 Å². The Kier molecular flexibility index (Phi) is 4.72. The van der Waals surface area contributed by atoms with Crippen molar-refractivity contribution in [3.05, 3.63) is 29.3 Å². The van der Waals surface area contributed by atoms with Crippen molar-refractivity contribution in [1.82, 2.24) is 5.32 Å². The molecule has 1 amide bonds. The van der Waals surface area contributed by atoms with E-state index in [-0.39, 0.29) is 5.69 Å². The second-order valence-electron chi connectivity index (χ2n) is 4.06. The van der Waals surface area contributed by atoms with Crippen molar-refractivity contribution >= 4 is 17.6 Å². The summed E-state index contributed by atoms with van der Waals surface area (Å²) in [5, 5.41) is 13.7. The van der Waals surface area contributed by atoms with Crippen LogP contribution in [0.4, 0.5) is 18.9 Å². The zero-order valence-electron chi connectivity index (χ0n) is 10.7. The molecule has 110 valence electrons. The van der Waals surface area contributed by atoms with Crippen molar-refractivity contribution < 1.29 is 27.9 Å². The van der Waals surface area contributed by atoms with Crippen molar-refractivity contribution in [2.75, 3.05) is 12.4 Å². The van der Waals surface area contributed by atoms with E-state index in [4.69, 9.17) is 5.11 Å². The van der Waals surface area contributed by atoms with Crippen LogP contribution in [0.5, 0.6) is 0 Å². The van der Waals surface area contributed by atoms with E-state index >= 15 is 0 Å². The van der Waals surface area contributed by atoms with Gasteiger partial charge in [0, 0.05) is 0 Å². The van der Waals surface area contributed by atoms with E-state index in [1.807, 2.05) is 0 Å². The molecule has 0 aliphatic heterocycles. The number of hydrogen-bond acceptors (Lipinski definition) is 3. The number of carbonyl (C=O) groups excluding carboxylic acids is 1. The lowest BCUT2D eigenvalue weighted by molar-refractivity contribution is -0.137. The van der Waals surface area contributed by atoms with Gasteiger partial charge >= 0.3 is 12.1 Å².